The summed E-state index contributed by atoms with van der Waals surface area (Å²) in [4.78, 5) is 17.0. The first-order valence-electron chi connectivity index (χ1n) is 11.0. The molecule has 1 aromatic rings. The second-order valence-electron chi connectivity index (χ2n) is 9.51. The number of carbonyl (C=O) groups is 1. The van der Waals surface area contributed by atoms with E-state index in [1.54, 1.807) is 0 Å². The molecular weight excluding hydrogens is 354 g/mol. The molecule has 0 radical (unpaired) electrons. The highest BCUT2D eigenvalue weighted by molar-refractivity contribution is 5.70. The molecule has 1 aliphatic carbocycles. The predicted octanol–water partition coefficient (Wildman–Crippen LogP) is 5.13. The van der Waals surface area contributed by atoms with Crippen LogP contribution in [-0.4, -0.2) is 27.8 Å². The van der Waals surface area contributed by atoms with Crippen molar-refractivity contribution in [3.63, 3.8) is 0 Å². The Hall–Kier alpha value is -1.43. The summed E-state index contributed by atoms with van der Waals surface area (Å²) in [6.07, 6.45) is 10.3. The summed E-state index contributed by atoms with van der Waals surface area (Å²) in [5, 5.41) is 7.38. The smallest absolute Gasteiger partial charge is 0.307 e. The molecule has 6 nitrogen and oxygen atoms in total. The van der Waals surface area contributed by atoms with Crippen molar-refractivity contribution in [1.29, 1.82) is 0 Å². The molecule has 0 bridgehead atoms. The van der Waals surface area contributed by atoms with Crippen LogP contribution in [0.1, 0.15) is 110 Å². The highest BCUT2D eigenvalue weighted by atomic mass is 16.6. The molecule has 1 atom stereocenters. The van der Waals surface area contributed by atoms with Gasteiger partial charge in [0.2, 0.25) is 5.89 Å². The van der Waals surface area contributed by atoms with Crippen molar-refractivity contribution < 1.29 is 14.1 Å². The Morgan fingerprint density at radius 2 is 1.96 bits per heavy atom. The van der Waals surface area contributed by atoms with Crippen molar-refractivity contribution in [3.05, 3.63) is 11.7 Å². The van der Waals surface area contributed by atoms with Crippen LogP contribution < -0.4 is 5.32 Å². The van der Waals surface area contributed by atoms with E-state index in [-0.39, 0.29) is 11.9 Å². The zero-order chi connectivity index (χ0) is 20.6. The quantitative estimate of drug-likeness (QED) is 0.555. The topological polar surface area (TPSA) is 77.2 Å². The highest BCUT2D eigenvalue weighted by Gasteiger charge is 2.26. The first-order valence-corrected chi connectivity index (χ1v) is 11.0. The third kappa shape index (κ3) is 8.72. The minimum Gasteiger partial charge on any atom is -0.460 e. The van der Waals surface area contributed by atoms with Crippen molar-refractivity contribution in [2.75, 3.05) is 0 Å². The minimum atomic E-state index is -0.481. The van der Waals surface area contributed by atoms with Gasteiger partial charge in [0.25, 0.3) is 0 Å². The highest BCUT2D eigenvalue weighted by Crippen LogP contribution is 2.31. The monoisotopic (exact) mass is 393 g/mol. The lowest BCUT2D eigenvalue weighted by Crippen LogP contribution is -2.25. The third-order valence-electron chi connectivity index (χ3n) is 5.22. The van der Waals surface area contributed by atoms with Crippen molar-refractivity contribution in [3.8, 4) is 0 Å². The maximum absolute atomic E-state index is 12.4. The molecule has 0 amide bonds. The molecule has 0 unspecified atom stereocenters. The van der Waals surface area contributed by atoms with Gasteiger partial charge in [-0.1, -0.05) is 63.9 Å². The second kappa shape index (κ2) is 10.9. The van der Waals surface area contributed by atoms with Crippen LogP contribution in [0.4, 0.5) is 0 Å². The first kappa shape index (κ1) is 22.9. The number of hydrogen-bond donors (Lipinski definition) is 1. The number of rotatable bonds is 10. The Morgan fingerprint density at radius 3 is 2.61 bits per heavy atom. The fourth-order valence-electron chi connectivity index (χ4n) is 3.83. The van der Waals surface area contributed by atoms with E-state index in [1.165, 1.54) is 38.5 Å². The normalized spacial score (nSPS) is 17.1. The van der Waals surface area contributed by atoms with Crippen molar-refractivity contribution >= 4 is 5.97 Å². The number of carbonyl (C=O) groups excluding carboxylic acids is 1. The molecule has 0 aromatic carbocycles. The van der Waals surface area contributed by atoms with Crippen LogP contribution >= 0.6 is 0 Å². The summed E-state index contributed by atoms with van der Waals surface area (Å²) in [5.41, 5.74) is -0.481. The van der Waals surface area contributed by atoms with Gasteiger partial charge in [0, 0.05) is 12.0 Å². The number of hydrogen-bond acceptors (Lipinski definition) is 6. The zero-order valence-corrected chi connectivity index (χ0v) is 18.4. The molecule has 1 aliphatic rings. The summed E-state index contributed by atoms with van der Waals surface area (Å²) < 4.78 is 11.1. The molecule has 28 heavy (non-hydrogen) atoms. The van der Waals surface area contributed by atoms with Gasteiger partial charge in [0.05, 0.1) is 13.0 Å². The molecule has 0 spiro atoms. The SMILES string of the molecule is CC(C)NCc1noc([C@@H](CCCC2CCCCC2)CC(=O)OC(C)(C)C)n1. The van der Waals surface area contributed by atoms with Crippen LogP contribution in [0.15, 0.2) is 4.52 Å². The molecule has 0 saturated heterocycles. The molecule has 0 aliphatic heterocycles. The summed E-state index contributed by atoms with van der Waals surface area (Å²) in [6, 6.07) is 0.356. The molecular formula is C22H39N3O3. The van der Waals surface area contributed by atoms with Crippen molar-refractivity contribution in [1.82, 2.24) is 15.5 Å². The van der Waals surface area contributed by atoms with Gasteiger partial charge in [-0.15, -0.1) is 0 Å². The van der Waals surface area contributed by atoms with Gasteiger partial charge >= 0.3 is 5.97 Å². The van der Waals surface area contributed by atoms with Crippen LogP contribution in [0.2, 0.25) is 0 Å². The summed E-state index contributed by atoms with van der Waals surface area (Å²) in [7, 11) is 0. The van der Waals surface area contributed by atoms with E-state index in [4.69, 9.17) is 9.26 Å². The van der Waals surface area contributed by atoms with E-state index in [0.717, 1.165) is 18.8 Å². The lowest BCUT2D eigenvalue weighted by atomic mass is 9.84. The van der Waals surface area contributed by atoms with Gasteiger partial charge in [-0.05, 0) is 33.1 Å². The van der Waals surface area contributed by atoms with Gasteiger partial charge in [-0.3, -0.25) is 4.79 Å². The van der Waals surface area contributed by atoms with Crippen LogP contribution in [0.3, 0.4) is 0 Å². The van der Waals surface area contributed by atoms with E-state index in [2.05, 4.69) is 29.3 Å². The van der Waals surface area contributed by atoms with Gasteiger partial charge in [0.1, 0.15) is 5.60 Å². The largest absolute Gasteiger partial charge is 0.460 e. The second-order valence-corrected chi connectivity index (χ2v) is 9.51. The number of ether oxygens (including phenoxy) is 1. The van der Waals surface area contributed by atoms with Gasteiger partial charge in [-0.25, -0.2) is 0 Å². The van der Waals surface area contributed by atoms with Crippen LogP contribution in [0, 0.1) is 5.92 Å². The molecule has 6 heteroatoms. The Bertz CT molecular complexity index is 586. The molecule has 2 rings (SSSR count). The Kier molecular flexibility index (Phi) is 8.93. The number of nitrogens with one attached hydrogen (secondary N) is 1. The van der Waals surface area contributed by atoms with E-state index in [0.29, 0.717) is 30.7 Å². The fraction of sp³-hybridized carbons (Fsp3) is 0.864. The standard InChI is InChI=1S/C22H39N3O3/c1-16(2)23-15-19-24-21(28-25-19)18(14-20(26)27-22(3,4)5)13-9-12-17-10-7-6-8-11-17/h16-18,23H,6-15H2,1-5H3/t18-/m0/s1. The zero-order valence-electron chi connectivity index (χ0n) is 18.4. The van der Waals surface area contributed by atoms with Crippen LogP contribution in [-0.2, 0) is 16.1 Å². The Labute approximate surface area is 170 Å². The Balaban J connectivity index is 1.95. The number of aromatic nitrogens is 2. The van der Waals surface area contributed by atoms with E-state index < -0.39 is 5.60 Å². The number of esters is 1. The van der Waals surface area contributed by atoms with E-state index in [9.17, 15) is 4.79 Å². The van der Waals surface area contributed by atoms with Crippen molar-refractivity contribution in [2.24, 2.45) is 5.92 Å². The molecule has 1 fully saturated rings. The van der Waals surface area contributed by atoms with Gasteiger partial charge in [0.15, 0.2) is 5.82 Å². The lowest BCUT2D eigenvalue weighted by molar-refractivity contribution is -0.155. The van der Waals surface area contributed by atoms with E-state index in [1.807, 2.05) is 20.8 Å². The fourth-order valence-corrected chi connectivity index (χ4v) is 3.83. The summed E-state index contributed by atoms with van der Waals surface area (Å²) in [5.74, 6) is 1.78. The molecule has 1 saturated carbocycles. The average molecular weight is 394 g/mol. The maximum atomic E-state index is 12.4. The Morgan fingerprint density at radius 1 is 1.25 bits per heavy atom. The van der Waals surface area contributed by atoms with Gasteiger partial charge < -0.3 is 14.6 Å². The third-order valence-corrected chi connectivity index (χ3v) is 5.22. The van der Waals surface area contributed by atoms with Crippen LogP contribution in [0.25, 0.3) is 0 Å². The van der Waals surface area contributed by atoms with Crippen molar-refractivity contribution in [2.45, 2.75) is 117 Å². The molecule has 160 valence electrons. The average Bonchev–Trinajstić information content (AvgIpc) is 3.07. The first-order chi connectivity index (χ1) is 13.2. The minimum absolute atomic E-state index is 0.0706. The summed E-state index contributed by atoms with van der Waals surface area (Å²) >= 11 is 0. The predicted molar refractivity (Wildman–Crippen MR) is 110 cm³/mol. The molecule has 1 heterocycles. The van der Waals surface area contributed by atoms with Gasteiger partial charge in [-0.2, -0.15) is 4.98 Å². The van der Waals surface area contributed by atoms with E-state index >= 15 is 0 Å². The lowest BCUT2D eigenvalue weighted by Gasteiger charge is -2.23. The number of nitrogens with zero attached hydrogens (tertiary/aromatic N) is 2. The summed E-state index contributed by atoms with van der Waals surface area (Å²) in [6.45, 7) is 10.4. The molecule has 1 N–H and O–H groups in total. The van der Waals surface area contributed by atoms with Crippen LogP contribution in [0.5, 0.6) is 0 Å². The molecule has 1 aromatic heterocycles. The maximum Gasteiger partial charge on any atom is 0.307 e.